The Bertz CT molecular complexity index is 340. The molecule has 4 atom stereocenters. The van der Waals surface area contributed by atoms with Crippen LogP contribution in [-0.4, -0.2) is 9.75 Å². The first-order valence-corrected chi connectivity index (χ1v) is 7.52. The molecule has 4 unspecified atom stereocenters. The summed E-state index contributed by atoms with van der Waals surface area (Å²) < 4.78 is 4.15. The third kappa shape index (κ3) is 4.14. The molecule has 0 spiro atoms. The highest BCUT2D eigenvalue weighted by molar-refractivity contribution is 7.06. The molecule has 0 saturated heterocycles. The number of nitrogen functional groups attached to an aromatic ring is 1. The average molecular weight is 275 g/mol. The maximum atomic E-state index is 6.23. The fourth-order valence-corrected chi connectivity index (χ4v) is 3.15. The smallest absolute Gasteiger partial charge is 0.137 e. The van der Waals surface area contributed by atoms with Crippen molar-refractivity contribution in [3.63, 3.8) is 0 Å². The number of rotatable bonds is 6. The maximum Gasteiger partial charge on any atom is 0.137 e. The number of hydrogen-bond acceptors (Lipinski definition) is 3. The van der Waals surface area contributed by atoms with Crippen molar-refractivity contribution >= 4 is 29.0 Å². The van der Waals surface area contributed by atoms with Gasteiger partial charge >= 0.3 is 0 Å². The van der Waals surface area contributed by atoms with Crippen LogP contribution in [0.15, 0.2) is 6.07 Å². The third-order valence-electron chi connectivity index (χ3n) is 3.75. The van der Waals surface area contributed by atoms with Gasteiger partial charge in [0, 0.05) is 10.3 Å². The van der Waals surface area contributed by atoms with E-state index < -0.39 is 0 Å². The molecule has 0 saturated carbocycles. The van der Waals surface area contributed by atoms with Gasteiger partial charge in [-0.3, -0.25) is 0 Å². The lowest BCUT2D eigenvalue weighted by atomic mass is 9.81. The topological polar surface area (TPSA) is 38.9 Å². The normalized spacial score (nSPS) is 18.6. The Hall–Kier alpha value is -0.280. The second-order valence-electron chi connectivity index (χ2n) is 5.02. The molecule has 1 heterocycles. The minimum atomic E-state index is 0.297. The predicted molar refractivity (Wildman–Crippen MR) is 77.8 cm³/mol. The molecule has 0 aliphatic carbocycles. The van der Waals surface area contributed by atoms with Gasteiger partial charge in [-0.15, -0.1) is 11.6 Å². The van der Waals surface area contributed by atoms with Crippen molar-refractivity contribution < 1.29 is 0 Å². The lowest BCUT2D eigenvalue weighted by Crippen LogP contribution is -2.17. The Kier molecular flexibility index (Phi) is 5.74. The lowest BCUT2D eigenvalue weighted by Gasteiger charge is -2.26. The number of halogens is 1. The number of nitrogens with zero attached hydrogens (tertiary/aromatic N) is 1. The molecule has 2 nitrogen and oxygen atoms in total. The molecular formula is C13H23ClN2S. The zero-order valence-electron chi connectivity index (χ0n) is 11.1. The molecule has 0 amide bonds. The summed E-state index contributed by atoms with van der Waals surface area (Å²) in [5, 5.41) is 0.297. The van der Waals surface area contributed by atoms with Crippen LogP contribution in [0.2, 0.25) is 0 Å². The zero-order chi connectivity index (χ0) is 13.0. The first-order valence-electron chi connectivity index (χ1n) is 6.31. The van der Waals surface area contributed by atoms with Crippen LogP contribution in [0, 0.1) is 11.8 Å². The van der Waals surface area contributed by atoms with E-state index >= 15 is 0 Å². The summed E-state index contributed by atoms with van der Waals surface area (Å²) in [6.07, 6.45) is 2.12. The van der Waals surface area contributed by atoms with Crippen LogP contribution in [-0.2, 0) is 0 Å². The summed E-state index contributed by atoms with van der Waals surface area (Å²) in [4.78, 5) is 1.28. The zero-order valence-corrected chi connectivity index (χ0v) is 12.7. The van der Waals surface area contributed by atoms with Crippen LogP contribution < -0.4 is 5.73 Å². The highest BCUT2D eigenvalue weighted by Crippen LogP contribution is 2.35. The van der Waals surface area contributed by atoms with Gasteiger partial charge in [0.15, 0.2) is 0 Å². The van der Waals surface area contributed by atoms with Crippen molar-refractivity contribution in [2.45, 2.75) is 51.8 Å². The quantitative estimate of drug-likeness (QED) is 0.775. The summed E-state index contributed by atoms with van der Waals surface area (Å²) in [5.74, 6) is 2.36. The molecule has 0 radical (unpaired) electrons. The molecule has 0 aromatic carbocycles. The van der Waals surface area contributed by atoms with Crippen LogP contribution in [0.25, 0.3) is 0 Å². The molecule has 98 valence electrons. The van der Waals surface area contributed by atoms with Crippen LogP contribution in [0.1, 0.15) is 51.3 Å². The number of nitrogens with two attached hydrogens (primary N) is 1. The Morgan fingerprint density at radius 2 is 2.06 bits per heavy atom. The second-order valence-corrected chi connectivity index (χ2v) is 6.47. The predicted octanol–water partition coefficient (Wildman–Crippen LogP) is 4.51. The fourth-order valence-electron chi connectivity index (χ4n) is 2.06. The largest absolute Gasteiger partial charge is 0.383 e. The summed E-state index contributed by atoms with van der Waals surface area (Å²) in [6.45, 7) is 8.98. The van der Waals surface area contributed by atoms with E-state index in [1.165, 1.54) is 16.4 Å². The van der Waals surface area contributed by atoms with Gasteiger partial charge in [-0.2, -0.15) is 4.37 Å². The summed E-state index contributed by atoms with van der Waals surface area (Å²) >= 11 is 7.75. The number of alkyl halides is 1. The summed E-state index contributed by atoms with van der Waals surface area (Å²) in [6, 6.07) is 2.00. The Balaban J connectivity index is 2.59. The highest BCUT2D eigenvalue weighted by atomic mass is 35.5. The summed E-state index contributed by atoms with van der Waals surface area (Å²) in [7, 11) is 0. The van der Waals surface area contributed by atoms with Crippen LogP contribution in [0.4, 0.5) is 5.82 Å². The molecule has 17 heavy (non-hydrogen) atoms. The van der Waals surface area contributed by atoms with Gasteiger partial charge in [0.2, 0.25) is 0 Å². The Morgan fingerprint density at radius 1 is 1.41 bits per heavy atom. The van der Waals surface area contributed by atoms with Gasteiger partial charge in [0.1, 0.15) is 5.82 Å². The first kappa shape index (κ1) is 14.8. The average Bonchev–Trinajstić information content (AvgIpc) is 2.73. The van der Waals surface area contributed by atoms with Crippen molar-refractivity contribution in [1.82, 2.24) is 4.37 Å². The number of aromatic nitrogens is 1. The van der Waals surface area contributed by atoms with Crippen molar-refractivity contribution in [3.8, 4) is 0 Å². The highest BCUT2D eigenvalue weighted by Gasteiger charge is 2.23. The Labute approximate surface area is 114 Å². The lowest BCUT2D eigenvalue weighted by molar-refractivity contribution is 0.318. The van der Waals surface area contributed by atoms with Gasteiger partial charge in [0.05, 0.1) is 0 Å². The van der Waals surface area contributed by atoms with E-state index in [0.717, 1.165) is 12.8 Å². The number of hydrogen-bond donors (Lipinski definition) is 1. The molecule has 0 fully saturated rings. The van der Waals surface area contributed by atoms with Gasteiger partial charge in [0.25, 0.3) is 0 Å². The molecule has 0 aliphatic heterocycles. The summed E-state index contributed by atoms with van der Waals surface area (Å²) in [5.41, 5.74) is 5.67. The standard InChI is InChI=1S/C13H23ClN2S/c1-5-11(14)6-8(2)9(3)10(4)12-7-13(15)16-17-12/h7-11H,5-6H2,1-4H3,(H2,15,16). The molecule has 1 aromatic rings. The molecule has 4 heteroatoms. The van der Waals surface area contributed by atoms with E-state index in [4.69, 9.17) is 17.3 Å². The molecule has 2 N–H and O–H groups in total. The minimum Gasteiger partial charge on any atom is -0.383 e. The van der Waals surface area contributed by atoms with Crippen molar-refractivity contribution in [2.24, 2.45) is 11.8 Å². The third-order valence-corrected chi connectivity index (χ3v) is 5.24. The maximum absolute atomic E-state index is 6.23. The molecule has 1 aromatic heterocycles. The van der Waals surface area contributed by atoms with Crippen LogP contribution >= 0.6 is 23.1 Å². The molecule has 0 aliphatic rings. The van der Waals surface area contributed by atoms with E-state index in [9.17, 15) is 0 Å². The van der Waals surface area contributed by atoms with E-state index in [0.29, 0.717) is 28.9 Å². The number of anilines is 1. The monoisotopic (exact) mass is 274 g/mol. The van der Waals surface area contributed by atoms with E-state index in [2.05, 4.69) is 32.1 Å². The van der Waals surface area contributed by atoms with E-state index in [-0.39, 0.29) is 0 Å². The van der Waals surface area contributed by atoms with E-state index in [1.54, 1.807) is 0 Å². The molecular weight excluding hydrogens is 252 g/mol. The van der Waals surface area contributed by atoms with Gasteiger partial charge in [-0.05, 0) is 48.2 Å². The van der Waals surface area contributed by atoms with Gasteiger partial charge in [-0.25, -0.2) is 0 Å². The van der Waals surface area contributed by atoms with Gasteiger partial charge < -0.3 is 5.73 Å². The molecule has 1 rings (SSSR count). The molecule has 0 bridgehead atoms. The van der Waals surface area contributed by atoms with E-state index in [1.807, 2.05) is 6.07 Å². The SMILES string of the molecule is CCC(Cl)CC(C)C(C)C(C)c1cc(N)ns1. The Morgan fingerprint density at radius 3 is 2.53 bits per heavy atom. The van der Waals surface area contributed by atoms with Crippen molar-refractivity contribution in [3.05, 3.63) is 10.9 Å². The van der Waals surface area contributed by atoms with Crippen molar-refractivity contribution in [1.29, 1.82) is 0 Å². The fraction of sp³-hybridized carbons (Fsp3) is 0.769. The minimum absolute atomic E-state index is 0.297. The second kappa shape index (κ2) is 6.60. The van der Waals surface area contributed by atoms with Crippen LogP contribution in [0.5, 0.6) is 0 Å². The van der Waals surface area contributed by atoms with Gasteiger partial charge in [-0.1, -0.05) is 27.7 Å². The van der Waals surface area contributed by atoms with Crippen LogP contribution in [0.3, 0.4) is 0 Å². The first-order chi connectivity index (χ1) is 7.95. The van der Waals surface area contributed by atoms with Crippen molar-refractivity contribution in [2.75, 3.05) is 5.73 Å².